The van der Waals surface area contributed by atoms with Crippen LogP contribution in [0.15, 0.2) is 30.5 Å². The fourth-order valence-corrected chi connectivity index (χ4v) is 2.48. The minimum atomic E-state index is 0.928. The maximum Gasteiger partial charge on any atom is 0.0939 e. The summed E-state index contributed by atoms with van der Waals surface area (Å²) in [6.07, 6.45) is 1.83. The lowest BCUT2D eigenvalue weighted by Crippen LogP contribution is -2.00. The Morgan fingerprint density at radius 3 is 2.35 bits per heavy atom. The first-order valence-corrected chi connectivity index (χ1v) is 6.74. The Morgan fingerprint density at radius 1 is 0.800 bits per heavy atom. The molecule has 1 aromatic carbocycles. The molecule has 3 rings (SSSR count). The third kappa shape index (κ3) is 1.95. The molecule has 0 atom stereocenters. The van der Waals surface area contributed by atoms with E-state index in [9.17, 15) is 0 Å². The van der Waals surface area contributed by atoms with Crippen LogP contribution in [0.3, 0.4) is 0 Å². The van der Waals surface area contributed by atoms with Gasteiger partial charge in [-0.15, -0.1) is 0 Å². The van der Waals surface area contributed by atoms with E-state index in [4.69, 9.17) is 4.98 Å². The van der Waals surface area contributed by atoms with Crippen molar-refractivity contribution in [1.82, 2.24) is 15.0 Å². The van der Waals surface area contributed by atoms with Gasteiger partial charge in [-0.1, -0.05) is 18.2 Å². The normalized spacial score (nSPS) is 11.0. The fourth-order valence-electron chi connectivity index (χ4n) is 2.48. The smallest absolute Gasteiger partial charge is 0.0939 e. The zero-order chi connectivity index (χ0) is 14.3. The number of hydrogen-bond acceptors (Lipinski definition) is 3. The largest absolute Gasteiger partial charge is 0.256 e. The van der Waals surface area contributed by atoms with Crippen LogP contribution in [0.25, 0.3) is 22.2 Å². The highest BCUT2D eigenvalue weighted by Gasteiger charge is 2.12. The maximum atomic E-state index is 4.72. The van der Waals surface area contributed by atoms with Gasteiger partial charge in [0.1, 0.15) is 0 Å². The molecular formula is C17H17N3. The van der Waals surface area contributed by atoms with Gasteiger partial charge in [0, 0.05) is 17.1 Å². The highest BCUT2D eigenvalue weighted by Crippen LogP contribution is 2.29. The molecule has 100 valence electrons. The van der Waals surface area contributed by atoms with Crippen LogP contribution >= 0.6 is 0 Å². The fraction of sp³-hybridized carbons (Fsp3) is 0.235. The maximum absolute atomic E-state index is 4.72. The van der Waals surface area contributed by atoms with Crippen molar-refractivity contribution in [3.8, 4) is 11.3 Å². The standard InChI is InChI=1S/C17H17N3/c1-10-7-8-15(17-14(10)6-5-9-18-17)16-13(4)19-11(2)12(3)20-16/h5-9H,1-4H3. The second-order valence-electron chi connectivity index (χ2n) is 5.16. The van der Waals surface area contributed by atoms with Crippen molar-refractivity contribution < 1.29 is 0 Å². The number of benzene rings is 1. The van der Waals surface area contributed by atoms with Crippen molar-refractivity contribution in [2.75, 3.05) is 0 Å². The summed E-state index contributed by atoms with van der Waals surface area (Å²) in [5.74, 6) is 0. The lowest BCUT2D eigenvalue weighted by molar-refractivity contribution is 1.01. The molecule has 0 spiro atoms. The van der Waals surface area contributed by atoms with E-state index in [0.29, 0.717) is 0 Å². The molecule has 0 amide bonds. The van der Waals surface area contributed by atoms with Crippen LogP contribution in [0.5, 0.6) is 0 Å². The van der Waals surface area contributed by atoms with Crippen molar-refractivity contribution in [2.45, 2.75) is 27.7 Å². The van der Waals surface area contributed by atoms with Gasteiger partial charge in [-0.3, -0.25) is 9.97 Å². The number of rotatable bonds is 1. The van der Waals surface area contributed by atoms with E-state index >= 15 is 0 Å². The van der Waals surface area contributed by atoms with Crippen LogP contribution < -0.4 is 0 Å². The zero-order valence-corrected chi connectivity index (χ0v) is 12.2. The summed E-state index contributed by atoms with van der Waals surface area (Å²) in [4.78, 5) is 13.9. The minimum Gasteiger partial charge on any atom is -0.256 e. The Kier molecular flexibility index (Phi) is 2.97. The van der Waals surface area contributed by atoms with Gasteiger partial charge in [0.2, 0.25) is 0 Å². The Bertz CT molecular complexity index is 807. The number of hydrogen-bond donors (Lipinski definition) is 0. The van der Waals surface area contributed by atoms with Crippen molar-refractivity contribution in [3.63, 3.8) is 0 Å². The van der Waals surface area contributed by atoms with Crippen LogP contribution in [-0.4, -0.2) is 15.0 Å². The van der Waals surface area contributed by atoms with Crippen LogP contribution in [0.1, 0.15) is 22.6 Å². The molecular weight excluding hydrogens is 246 g/mol. The Morgan fingerprint density at radius 2 is 1.55 bits per heavy atom. The molecule has 0 saturated carbocycles. The molecule has 0 aliphatic rings. The van der Waals surface area contributed by atoms with Gasteiger partial charge in [-0.2, -0.15) is 0 Å². The number of nitrogens with zero attached hydrogens (tertiary/aromatic N) is 3. The van der Waals surface area contributed by atoms with E-state index in [1.165, 1.54) is 10.9 Å². The average Bonchev–Trinajstić information content (AvgIpc) is 2.44. The van der Waals surface area contributed by atoms with Crippen LogP contribution in [0, 0.1) is 27.7 Å². The average molecular weight is 263 g/mol. The van der Waals surface area contributed by atoms with Gasteiger partial charge >= 0.3 is 0 Å². The third-order valence-electron chi connectivity index (χ3n) is 3.72. The molecule has 0 bridgehead atoms. The molecule has 3 aromatic rings. The summed E-state index contributed by atoms with van der Waals surface area (Å²) >= 11 is 0. The Balaban J connectivity index is 2.36. The summed E-state index contributed by atoms with van der Waals surface area (Å²) in [6.45, 7) is 8.09. The number of fused-ring (bicyclic) bond motifs is 1. The monoisotopic (exact) mass is 263 g/mol. The van der Waals surface area contributed by atoms with Gasteiger partial charge < -0.3 is 0 Å². The van der Waals surface area contributed by atoms with Crippen LogP contribution in [0.2, 0.25) is 0 Å². The molecule has 3 heteroatoms. The Labute approximate surface area is 118 Å². The minimum absolute atomic E-state index is 0.928. The molecule has 0 fully saturated rings. The number of aromatic nitrogens is 3. The van der Waals surface area contributed by atoms with E-state index in [-0.39, 0.29) is 0 Å². The van der Waals surface area contributed by atoms with E-state index in [1.54, 1.807) is 0 Å². The second-order valence-corrected chi connectivity index (χ2v) is 5.16. The van der Waals surface area contributed by atoms with E-state index < -0.39 is 0 Å². The van der Waals surface area contributed by atoms with Gasteiger partial charge in [0.05, 0.1) is 28.3 Å². The second kappa shape index (κ2) is 4.67. The molecule has 2 heterocycles. The van der Waals surface area contributed by atoms with Gasteiger partial charge in [-0.05, 0) is 39.3 Å². The van der Waals surface area contributed by atoms with Crippen molar-refractivity contribution in [2.24, 2.45) is 0 Å². The predicted octanol–water partition coefficient (Wildman–Crippen LogP) is 3.93. The summed E-state index contributed by atoms with van der Waals surface area (Å²) in [5, 5.41) is 1.17. The SMILES string of the molecule is Cc1nc(C)c(-c2ccc(C)c3cccnc23)nc1C. The third-order valence-corrected chi connectivity index (χ3v) is 3.72. The summed E-state index contributed by atoms with van der Waals surface area (Å²) in [7, 11) is 0. The lowest BCUT2D eigenvalue weighted by atomic mass is 10.0. The molecule has 20 heavy (non-hydrogen) atoms. The van der Waals surface area contributed by atoms with Crippen LogP contribution in [-0.2, 0) is 0 Å². The molecule has 0 aliphatic carbocycles. The van der Waals surface area contributed by atoms with E-state index in [2.05, 4.69) is 35.1 Å². The molecule has 2 aromatic heterocycles. The predicted molar refractivity (Wildman–Crippen MR) is 81.7 cm³/mol. The first-order valence-electron chi connectivity index (χ1n) is 6.74. The highest BCUT2D eigenvalue weighted by atomic mass is 14.8. The van der Waals surface area contributed by atoms with E-state index in [1.807, 2.05) is 33.0 Å². The Hall–Kier alpha value is -2.29. The van der Waals surface area contributed by atoms with Gasteiger partial charge in [-0.25, -0.2) is 4.98 Å². The van der Waals surface area contributed by atoms with Crippen molar-refractivity contribution in [3.05, 3.63) is 53.1 Å². The van der Waals surface area contributed by atoms with E-state index in [0.717, 1.165) is 33.9 Å². The summed E-state index contributed by atoms with van der Waals surface area (Å²) < 4.78 is 0. The first-order chi connectivity index (χ1) is 9.58. The van der Waals surface area contributed by atoms with Gasteiger partial charge in [0.15, 0.2) is 0 Å². The highest BCUT2D eigenvalue weighted by molar-refractivity contribution is 5.94. The molecule has 0 saturated heterocycles. The molecule has 3 nitrogen and oxygen atoms in total. The quantitative estimate of drug-likeness (QED) is 0.667. The first kappa shape index (κ1) is 12.7. The zero-order valence-electron chi connectivity index (χ0n) is 12.2. The lowest BCUT2D eigenvalue weighted by Gasteiger charge is -2.11. The molecule has 0 N–H and O–H groups in total. The number of aryl methyl sites for hydroxylation is 4. The topological polar surface area (TPSA) is 38.7 Å². The molecule has 0 radical (unpaired) electrons. The number of pyridine rings is 1. The summed E-state index contributed by atoms with van der Waals surface area (Å²) in [6, 6.07) is 8.29. The molecule has 0 aliphatic heterocycles. The van der Waals surface area contributed by atoms with Crippen molar-refractivity contribution >= 4 is 10.9 Å². The van der Waals surface area contributed by atoms with Gasteiger partial charge in [0.25, 0.3) is 0 Å². The summed E-state index contributed by atoms with van der Waals surface area (Å²) in [5.41, 5.74) is 7.10. The van der Waals surface area contributed by atoms with Crippen LogP contribution in [0.4, 0.5) is 0 Å². The molecule has 0 unspecified atom stereocenters. The van der Waals surface area contributed by atoms with Crippen molar-refractivity contribution in [1.29, 1.82) is 0 Å².